The van der Waals surface area contributed by atoms with Gasteiger partial charge in [-0.2, -0.15) is 0 Å². The summed E-state index contributed by atoms with van der Waals surface area (Å²) in [7, 11) is 0. The van der Waals surface area contributed by atoms with Crippen molar-refractivity contribution in [3.05, 3.63) is 24.3 Å². The Morgan fingerprint density at radius 3 is 0.780 bits per heavy atom. The second-order valence-electron chi connectivity index (χ2n) is 29.2. The van der Waals surface area contributed by atoms with Crippen LogP contribution in [-0.2, 0) is 14.3 Å². The van der Waals surface area contributed by atoms with Crippen molar-refractivity contribution in [3.8, 4) is 0 Å². The molecule has 0 aliphatic carbocycles. The number of amides is 1. The van der Waals surface area contributed by atoms with Crippen LogP contribution in [0.1, 0.15) is 483 Å². The van der Waals surface area contributed by atoms with Gasteiger partial charge in [0, 0.05) is 12.8 Å². The van der Waals surface area contributed by atoms with Crippen molar-refractivity contribution >= 4 is 11.9 Å². The lowest BCUT2D eigenvalue weighted by molar-refractivity contribution is -0.143. The number of carbonyl (C=O) groups is 2. The summed E-state index contributed by atoms with van der Waals surface area (Å²) in [6, 6.07) is -0.540. The van der Waals surface area contributed by atoms with Crippen molar-refractivity contribution in [2.24, 2.45) is 0 Å². The third kappa shape index (κ3) is 77.2. The topological polar surface area (TPSA) is 95.9 Å². The van der Waals surface area contributed by atoms with Crippen LogP contribution < -0.4 is 5.32 Å². The summed E-state index contributed by atoms with van der Waals surface area (Å²) in [6.07, 6.45) is 104. The van der Waals surface area contributed by atoms with E-state index in [0.717, 1.165) is 44.9 Å². The van der Waals surface area contributed by atoms with Gasteiger partial charge in [0.25, 0.3) is 0 Å². The predicted molar refractivity (Wildman–Crippen MR) is 403 cm³/mol. The molecular weight excluding hydrogens is 1110 g/mol. The minimum Gasteiger partial charge on any atom is -0.466 e. The highest BCUT2D eigenvalue weighted by Crippen LogP contribution is 2.20. The third-order valence-corrected chi connectivity index (χ3v) is 20.0. The van der Waals surface area contributed by atoms with Crippen LogP contribution in [0.25, 0.3) is 0 Å². The highest BCUT2D eigenvalue weighted by atomic mass is 16.5. The molecule has 6 nitrogen and oxygen atoms in total. The maximum Gasteiger partial charge on any atom is 0.305 e. The molecule has 2 atom stereocenters. The van der Waals surface area contributed by atoms with Crippen LogP contribution in [0.5, 0.6) is 0 Å². The van der Waals surface area contributed by atoms with Gasteiger partial charge < -0.3 is 20.3 Å². The zero-order valence-corrected chi connectivity index (χ0v) is 62.1. The van der Waals surface area contributed by atoms with Crippen LogP contribution >= 0.6 is 0 Å². The Labute approximate surface area is 571 Å². The first-order valence-electron chi connectivity index (χ1n) is 42.1. The number of hydrogen-bond donors (Lipinski definition) is 3. The fraction of sp³-hybridized carbons (Fsp3) is 0.929. The SMILES string of the molecule is CCCCCCCCC/C=C\CCCCCCCC(=O)OCCCCCCCCCCCCCCCC/C=C\CCCCCCCCCCCCCCCCCCCC(=O)NC(CO)C(O)CCCCCCCCCCCCCCCCCCCCCCCCC. The maximum absolute atomic E-state index is 12.6. The van der Waals surface area contributed by atoms with E-state index in [2.05, 4.69) is 43.5 Å². The summed E-state index contributed by atoms with van der Waals surface area (Å²) < 4.78 is 5.50. The number of rotatable bonds is 80. The number of allylic oxidation sites excluding steroid dienone is 4. The highest BCUT2D eigenvalue weighted by molar-refractivity contribution is 5.76. The van der Waals surface area contributed by atoms with Crippen LogP contribution in [-0.4, -0.2) is 47.4 Å². The molecule has 2 unspecified atom stereocenters. The molecule has 91 heavy (non-hydrogen) atoms. The van der Waals surface area contributed by atoms with E-state index >= 15 is 0 Å². The lowest BCUT2D eigenvalue weighted by atomic mass is 10.0. The third-order valence-electron chi connectivity index (χ3n) is 20.0. The molecule has 0 aromatic carbocycles. The molecule has 0 fully saturated rings. The highest BCUT2D eigenvalue weighted by Gasteiger charge is 2.20. The van der Waals surface area contributed by atoms with Crippen LogP contribution in [0, 0.1) is 0 Å². The molecule has 6 heteroatoms. The molecule has 0 spiro atoms. The molecule has 0 radical (unpaired) electrons. The van der Waals surface area contributed by atoms with Gasteiger partial charge in [0.15, 0.2) is 0 Å². The number of carbonyl (C=O) groups excluding carboxylic acids is 2. The molecule has 0 aliphatic rings. The van der Waals surface area contributed by atoms with Crippen molar-refractivity contribution in [3.63, 3.8) is 0 Å². The number of esters is 1. The van der Waals surface area contributed by atoms with E-state index in [1.807, 2.05) is 0 Å². The van der Waals surface area contributed by atoms with Gasteiger partial charge in [-0.3, -0.25) is 9.59 Å². The minimum absolute atomic E-state index is 0.0140. The van der Waals surface area contributed by atoms with Gasteiger partial charge in [-0.25, -0.2) is 0 Å². The van der Waals surface area contributed by atoms with Gasteiger partial charge >= 0.3 is 5.97 Å². The zero-order valence-electron chi connectivity index (χ0n) is 62.1. The van der Waals surface area contributed by atoms with E-state index in [1.165, 1.54) is 405 Å². The quantitative estimate of drug-likeness (QED) is 0.0320. The molecule has 0 heterocycles. The molecule has 0 saturated heterocycles. The summed E-state index contributed by atoms with van der Waals surface area (Å²) in [5.74, 6) is -0.0115. The maximum atomic E-state index is 12.6. The van der Waals surface area contributed by atoms with Gasteiger partial charge in [0.1, 0.15) is 0 Å². The monoisotopic (exact) mass is 1280 g/mol. The average molecular weight is 1280 g/mol. The Kier molecular flexibility index (Phi) is 79.3. The molecular formula is C85H165NO5. The van der Waals surface area contributed by atoms with Crippen LogP contribution in [0.15, 0.2) is 24.3 Å². The Morgan fingerprint density at radius 1 is 0.297 bits per heavy atom. The molecule has 1 amide bonds. The lowest BCUT2D eigenvalue weighted by Crippen LogP contribution is -2.45. The van der Waals surface area contributed by atoms with Gasteiger partial charge in [0.2, 0.25) is 5.91 Å². The molecule has 0 aromatic heterocycles. The Hall–Kier alpha value is -1.66. The largest absolute Gasteiger partial charge is 0.466 e. The molecule has 0 bridgehead atoms. The first-order valence-corrected chi connectivity index (χ1v) is 42.1. The smallest absolute Gasteiger partial charge is 0.305 e. The average Bonchev–Trinajstić information content (AvgIpc) is 3.75. The van der Waals surface area contributed by atoms with E-state index in [9.17, 15) is 19.8 Å². The van der Waals surface area contributed by atoms with Crippen molar-refractivity contribution in [1.29, 1.82) is 0 Å². The number of nitrogens with one attached hydrogen (secondary N) is 1. The summed E-state index contributed by atoms with van der Waals surface area (Å²) in [5.41, 5.74) is 0. The predicted octanol–water partition coefficient (Wildman–Crippen LogP) is 28.0. The standard InChI is InChI=1S/C85H165NO5/c1-3-5-7-9-11-13-15-17-19-21-22-23-37-40-43-46-49-53-57-61-65-69-73-77-83(88)82(81-87)86-84(89)78-74-70-66-62-58-54-50-47-44-41-38-35-33-31-29-27-25-24-26-28-30-32-34-36-39-42-45-48-52-56-60-64-68-72-76-80-91-85(90)79-75-71-67-63-59-55-51-20-18-16-14-12-10-8-6-4-2/h20,26,28,51,82-83,87-88H,3-19,21-25,27,29-50,52-81H2,1-2H3,(H,86,89)/b28-26-,51-20-. The number of aliphatic hydroxyl groups excluding tert-OH is 2. The van der Waals surface area contributed by atoms with Crippen LogP contribution in [0.4, 0.5) is 0 Å². The van der Waals surface area contributed by atoms with Crippen LogP contribution in [0.3, 0.4) is 0 Å². The van der Waals surface area contributed by atoms with Gasteiger partial charge in [-0.05, 0) is 77.0 Å². The van der Waals surface area contributed by atoms with E-state index in [0.29, 0.717) is 25.9 Å². The molecule has 0 saturated carbocycles. The second kappa shape index (κ2) is 80.8. The Balaban J connectivity index is 3.34. The summed E-state index contributed by atoms with van der Waals surface area (Å²) >= 11 is 0. The molecule has 0 aromatic rings. The number of unbranched alkanes of at least 4 members (excludes halogenated alkanes) is 65. The lowest BCUT2D eigenvalue weighted by Gasteiger charge is -2.22. The Morgan fingerprint density at radius 2 is 0.516 bits per heavy atom. The fourth-order valence-corrected chi connectivity index (χ4v) is 13.6. The Bertz CT molecular complexity index is 1430. The van der Waals surface area contributed by atoms with Crippen molar-refractivity contribution in [2.75, 3.05) is 13.2 Å². The van der Waals surface area contributed by atoms with Crippen molar-refractivity contribution < 1.29 is 24.5 Å². The molecule has 540 valence electrons. The fourth-order valence-electron chi connectivity index (χ4n) is 13.6. The van der Waals surface area contributed by atoms with E-state index in [4.69, 9.17) is 4.74 Å². The summed E-state index contributed by atoms with van der Waals surface area (Å²) in [4.78, 5) is 24.7. The first kappa shape index (κ1) is 89.3. The number of hydrogen-bond acceptors (Lipinski definition) is 5. The second-order valence-corrected chi connectivity index (χ2v) is 29.2. The minimum atomic E-state index is -0.663. The van der Waals surface area contributed by atoms with Gasteiger partial charge in [-0.1, -0.05) is 417 Å². The molecule has 0 aliphatic heterocycles. The van der Waals surface area contributed by atoms with Gasteiger partial charge in [0.05, 0.1) is 25.4 Å². The van der Waals surface area contributed by atoms with Crippen LogP contribution in [0.2, 0.25) is 0 Å². The molecule has 0 rings (SSSR count). The first-order chi connectivity index (χ1) is 45.0. The van der Waals surface area contributed by atoms with E-state index < -0.39 is 12.1 Å². The number of aliphatic hydroxyl groups is 2. The van der Waals surface area contributed by atoms with Crippen molar-refractivity contribution in [2.45, 2.75) is 495 Å². The number of ether oxygens (including phenoxy) is 1. The molecule has 3 N–H and O–H groups in total. The van der Waals surface area contributed by atoms with Crippen molar-refractivity contribution in [1.82, 2.24) is 5.32 Å². The zero-order chi connectivity index (χ0) is 65.6. The summed E-state index contributed by atoms with van der Waals surface area (Å²) in [6.45, 7) is 5.01. The summed E-state index contributed by atoms with van der Waals surface area (Å²) in [5, 5.41) is 23.5. The van der Waals surface area contributed by atoms with Gasteiger partial charge in [-0.15, -0.1) is 0 Å². The van der Waals surface area contributed by atoms with E-state index in [1.54, 1.807) is 0 Å². The normalized spacial score (nSPS) is 12.5. The van der Waals surface area contributed by atoms with E-state index in [-0.39, 0.29) is 18.5 Å².